The molecule has 0 radical (unpaired) electrons. The van der Waals surface area contributed by atoms with Crippen molar-refractivity contribution in [2.24, 2.45) is 0 Å². The Morgan fingerprint density at radius 1 is 1.29 bits per heavy atom. The number of thiazole rings is 1. The fourth-order valence-corrected chi connectivity index (χ4v) is 4.15. The number of carboxylic acids is 1. The van der Waals surface area contributed by atoms with Gasteiger partial charge in [-0.25, -0.2) is 14.8 Å². The topological polar surface area (TPSA) is 84.3 Å². The number of halogens is 4. The molecule has 0 fully saturated rings. The molecule has 11 heteroatoms. The normalized spacial score (nSPS) is 11.6. The van der Waals surface area contributed by atoms with E-state index in [0.29, 0.717) is 28.2 Å². The van der Waals surface area contributed by atoms with Crippen LogP contribution in [0, 0.1) is 0 Å². The van der Waals surface area contributed by atoms with E-state index in [2.05, 4.69) is 15.3 Å². The van der Waals surface area contributed by atoms with Gasteiger partial charge in [0, 0.05) is 6.20 Å². The number of pyridine rings is 1. The van der Waals surface area contributed by atoms with E-state index in [-0.39, 0.29) is 11.7 Å². The van der Waals surface area contributed by atoms with Crippen LogP contribution >= 0.6 is 22.9 Å². The lowest BCUT2D eigenvalue weighted by molar-refractivity contribution is -0.137. The molecule has 2 heterocycles. The van der Waals surface area contributed by atoms with Crippen molar-refractivity contribution >= 4 is 39.9 Å². The number of aromatic nitrogens is 2. The van der Waals surface area contributed by atoms with Gasteiger partial charge in [0.1, 0.15) is 17.1 Å². The van der Waals surface area contributed by atoms with Gasteiger partial charge in [-0.2, -0.15) is 13.2 Å². The highest BCUT2D eigenvalue weighted by Gasteiger charge is 2.32. The number of hydrogen-bond donors (Lipinski definition) is 2. The highest BCUT2D eigenvalue weighted by atomic mass is 35.5. The summed E-state index contributed by atoms with van der Waals surface area (Å²) in [4.78, 5) is 20.5. The van der Waals surface area contributed by atoms with E-state index in [1.807, 2.05) is 19.9 Å². The number of rotatable bonds is 6. The average molecular weight is 472 g/mol. The number of carboxylic acid groups (broad SMARTS) is 1. The van der Waals surface area contributed by atoms with E-state index in [1.54, 1.807) is 12.1 Å². The van der Waals surface area contributed by atoms with Gasteiger partial charge in [0.05, 0.1) is 28.3 Å². The molecule has 0 aliphatic heterocycles. The van der Waals surface area contributed by atoms with E-state index < -0.39 is 23.3 Å². The van der Waals surface area contributed by atoms with Crippen LogP contribution in [0.3, 0.4) is 0 Å². The molecule has 0 saturated heterocycles. The molecule has 0 saturated carbocycles. The Bertz CT molecular complexity index is 1130. The first-order chi connectivity index (χ1) is 14.5. The molecule has 3 rings (SSSR count). The van der Waals surface area contributed by atoms with Crippen molar-refractivity contribution in [3.8, 4) is 16.2 Å². The molecule has 31 heavy (non-hydrogen) atoms. The number of aromatic carboxylic acids is 1. The van der Waals surface area contributed by atoms with Gasteiger partial charge in [-0.3, -0.25) is 0 Å². The summed E-state index contributed by atoms with van der Waals surface area (Å²) >= 11 is 7.44. The number of alkyl halides is 3. The van der Waals surface area contributed by atoms with Crippen LogP contribution in [0.1, 0.15) is 41.4 Å². The van der Waals surface area contributed by atoms with Gasteiger partial charge < -0.3 is 15.2 Å². The average Bonchev–Trinajstić information content (AvgIpc) is 3.11. The zero-order valence-electron chi connectivity index (χ0n) is 16.5. The minimum absolute atomic E-state index is 0.0159. The third-order valence-corrected chi connectivity index (χ3v) is 5.62. The summed E-state index contributed by atoms with van der Waals surface area (Å²) in [7, 11) is 1.51. The van der Waals surface area contributed by atoms with Crippen LogP contribution < -0.4 is 10.1 Å². The Kier molecular flexibility index (Phi) is 6.42. The van der Waals surface area contributed by atoms with Gasteiger partial charge in [-0.15, -0.1) is 0 Å². The van der Waals surface area contributed by atoms with Crippen LogP contribution in [0.25, 0.3) is 10.4 Å². The summed E-state index contributed by atoms with van der Waals surface area (Å²) in [5.74, 6) is -1.24. The molecular formula is C20H17ClF3N3O3S. The summed E-state index contributed by atoms with van der Waals surface area (Å²) in [6, 6.07) is 5.79. The second kappa shape index (κ2) is 8.72. The number of ether oxygens (including phenoxy) is 1. The first-order valence-electron chi connectivity index (χ1n) is 8.93. The number of nitrogens with one attached hydrogen (secondary N) is 1. The van der Waals surface area contributed by atoms with Gasteiger partial charge in [0.2, 0.25) is 0 Å². The minimum atomic E-state index is -4.71. The van der Waals surface area contributed by atoms with Crippen LogP contribution in [0.4, 0.5) is 24.1 Å². The van der Waals surface area contributed by atoms with E-state index in [0.717, 1.165) is 16.1 Å². The van der Waals surface area contributed by atoms with E-state index in [9.17, 15) is 23.1 Å². The van der Waals surface area contributed by atoms with E-state index in [4.69, 9.17) is 16.3 Å². The first kappa shape index (κ1) is 22.8. The van der Waals surface area contributed by atoms with Crippen molar-refractivity contribution in [1.82, 2.24) is 9.97 Å². The maximum absolute atomic E-state index is 12.9. The Morgan fingerprint density at radius 3 is 2.55 bits per heavy atom. The summed E-state index contributed by atoms with van der Waals surface area (Å²) < 4.78 is 43.9. The number of nitrogens with zero attached hydrogens (tertiary/aromatic N) is 2. The van der Waals surface area contributed by atoms with Crippen molar-refractivity contribution in [3.63, 3.8) is 0 Å². The molecule has 2 N–H and O–H groups in total. The molecule has 0 aliphatic carbocycles. The predicted octanol–water partition coefficient (Wildman–Crippen LogP) is 6.45. The molecule has 0 bridgehead atoms. The van der Waals surface area contributed by atoms with E-state index >= 15 is 0 Å². The van der Waals surface area contributed by atoms with Gasteiger partial charge in [0.15, 0.2) is 5.13 Å². The zero-order chi connectivity index (χ0) is 22.9. The Hall–Kier alpha value is -2.85. The highest BCUT2D eigenvalue weighted by Crippen LogP contribution is 2.40. The highest BCUT2D eigenvalue weighted by molar-refractivity contribution is 7.19. The number of methoxy groups -OCH3 is 1. The van der Waals surface area contributed by atoms with Crippen molar-refractivity contribution in [2.75, 3.05) is 12.4 Å². The molecule has 2 aromatic heterocycles. The molecular weight excluding hydrogens is 455 g/mol. The van der Waals surface area contributed by atoms with Gasteiger partial charge in [-0.05, 0) is 35.7 Å². The molecule has 0 aliphatic rings. The summed E-state index contributed by atoms with van der Waals surface area (Å²) in [5.41, 5.74) is -0.257. The molecule has 0 unspecified atom stereocenters. The van der Waals surface area contributed by atoms with Crippen LogP contribution in [0.5, 0.6) is 5.75 Å². The molecule has 3 aromatic rings. The van der Waals surface area contributed by atoms with Gasteiger partial charge in [0.25, 0.3) is 0 Å². The number of benzene rings is 1. The number of hydrogen-bond acceptors (Lipinski definition) is 6. The van der Waals surface area contributed by atoms with Crippen molar-refractivity contribution in [2.45, 2.75) is 25.9 Å². The number of anilines is 2. The molecule has 0 amide bonds. The maximum Gasteiger partial charge on any atom is 0.417 e. The monoisotopic (exact) mass is 471 g/mol. The van der Waals surface area contributed by atoms with Gasteiger partial charge >= 0.3 is 12.1 Å². The molecule has 6 nitrogen and oxygen atoms in total. The van der Waals surface area contributed by atoms with Crippen LogP contribution in [0.15, 0.2) is 30.5 Å². The third-order valence-electron chi connectivity index (χ3n) is 4.28. The third kappa shape index (κ3) is 4.91. The Balaban J connectivity index is 2.03. The summed E-state index contributed by atoms with van der Waals surface area (Å²) in [5, 5.41) is 12.8. The smallest absolute Gasteiger partial charge is 0.417 e. The second-order valence-corrected chi connectivity index (χ2v) is 8.19. The van der Waals surface area contributed by atoms with E-state index in [1.165, 1.54) is 18.4 Å². The molecule has 0 atom stereocenters. The Labute approximate surface area is 184 Å². The molecule has 164 valence electrons. The second-order valence-electron chi connectivity index (χ2n) is 6.79. The predicted molar refractivity (Wildman–Crippen MR) is 113 cm³/mol. The lowest BCUT2D eigenvalue weighted by Crippen LogP contribution is -2.11. The van der Waals surface area contributed by atoms with Gasteiger partial charge in [-0.1, -0.05) is 36.8 Å². The number of carbonyl (C=O) groups is 1. The molecule has 1 aromatic carbocycles. The van der Waals surface area contributed by atoms with Crippen LogP contribution in [0.2, 0.25) is 5.02 Å². The lowest BCUT2D eigenvalue weighted by atomic mass is 10.1. The van der Waals surface area contributed by atoms with Crippen molar-refractivity contribution in [1.29, 1.82) is 0 Å². The zero-order valence-corrected chi connectivity index (χ0v) is 18.1. The lowest BCUT2D eigenvalue weighted by Gasteiger charge is -2.10. The summed E-state index contributed by atoms with van der Waals surface area (Å²) in [6.45, 7) is 3.87. The molecule has 0 spiro atoms. The quantitative estimate of drug-likeness (QED) is 0.429. The summed E-state index contributed by atoms with van der Waals surface area (Å²) in [6.07, 6.45) is -4.13. The Morgan fingerprint density at radius 2 is 2.00 bits per heavy atom. The van der Waals surface area contributed by atoms with Crippen LogP contribution in [-0.4, -0.2) is 28.2 Å². The largest absolute Gasteiger partial charge is 0.495 e. The van der Waals surface area contributed by atoms with Crippen molar-refractivity contribution in [3.05, 3.63) is 52.3 Å². The first-order valence-corrected chi connectivity index (χ1v) is 10.1. The standard InChI is InChI=1S/C20H17ClF3N3O3S/c1-9(2)15-16(10-4-5-14(30-3)13(21)6-10)31-19(26-15)27-17-12(18(28)29)7-11(8-25-17)20(22,23)24/h4-9H,1-3H3,(H,28,29)(H,25,26,27). The SMILES string of the molecule is COc1ccc(-c2sc(Nc3ncc(C(F)(F)F)cc3C(=O)O)nc2C(C)C)cc1Cl. The fourth-order valence-electron chi connectivity index (χ4n) is 2.77. The maximum atomic E-state index is 12.9. The van der Waals surface area contributed by atoms with Crippen LogP contribution in [-0.2, 0) is 6.18 Å². The fraction of sp³-hybridized carbons (Fsp3) is 0.250. The minimum Gasteiger partial charge on any atom is -0.495 e. The van der Waals surface area contributed by atoms with Crippen molar-refractivity contribution < 1.29 is 27.8 Å².